The number of nitro groups is 1. The first-order valence-corrected chi connectivity index (χ1v) is 8.52. The molecule has 6 nitrogen and oxygen atoms in total. The highest BCUT2D eigenvalue weighted by atomic mass is 35.5. The lowest BCUT2D eigenvalue weighted by atomic mass is 10.0. The van der Waals surface area contributed by atoms with E-state index in [1.54, 1.807) is 17.0 Å². The van der Waals surface area contributed by atoms with E-state index in [0.29, 0.717) is 25.2 Å². The van der Waals surface area contributed by atoms with E-state index < -0.39 is 4.92 Å². The van der Waals surface area contributed by atoms with E-state index in [-0.39, 0.29) is 47.3 Å². The molecule has 1 amide bonds. The van der Waals surface area contributed by atoms with Gasteiger partial charge in [-0.15, -0.1) is 12.4 Å². The molecule has 1 heterocycles. The van der Waals surface area contributed by atoms with Gasteiger partial charge in [-0.3, -0.25) is 14.9 Å². The number of hydrogen-bond donors (Lipinski definition) is 1. The molecule has 1 aliphatic heterocycles. The van der Waals surface area contributed by atoms with Crippen molar-refractivity contribution < 1.29 is 14.1 Å². The highest BCUT2D eigenvalue weighted by molar-refractivity contribution is 6.31. The average Bonchev–Trinajstić information content (AvgIpc) is 2.63. The maximum Gasteiger partial charge on any atom is 0.270 e. The Bertz CT molecular complexity index is 850. The number of halogens is 3. The third-order valence-corrected chi connectivity index (χ3v) is 4.74. The summed E-state index contributed by atoms with van der Waals surface area (Å²) in [6.07, 6.45) is 0.0304. The Morgan fingerprint density at radius 2 is 2.11 bits per heavy atom. The van der Waals surface area contributed by atoms with Crippen molar-refractivity contribution in [2.24, 2.45) is 0 Å². The summed E-state index contributed by atoms with van der Waals surface area (Å²) in [6.45, 7) is 1.67. The van der Waals surface area contributed by atoms with E-state index >= 15 is 0 Å². The van der Waals surface area contributed by atoms with Crippen molar-refractivity contribution in [3.8, 4) is 0 Å². The molecule has 0 spiro atoms. The summed E-state index contributed by atoms with van der Waals surface area (Å²) >= 11 is 6.09. The Balaban J connectivity index is 0.00000261. The SMILES string of the molecule is Cl.O=C(Cc1ccc([N+](=O)[O-])cc1Cl)N1CCNCC1c1cccc(F)c1. The van der Waals surface area contributed by atoms with Gasteiger partial charge < -0.3 is 10.2 Å². The van der Waals surface area contributed by atoms with Crippen LogP contribution in [0.15, 0.2) is 42.5 Å². The smallest absolute Gasteiger partial charge is 0.270 e. The standard InChI is InChI=1S/C18H17ClFN3O3.ClH/c19-16-10-15(23(25)26)5-4-12(16)9-18(24)22-7-6-21-11-17(22)13-2-1-3-14(20)8-13;/h1-5,8,10,17,21H,6-7,9,11H2;1H. The number of nitro benzene ring substituents is 1. The minimum atomic E-state index is -0.534. The lowest BCUT2D eigenvalue weighted by Crippen LogP contribution is -2.49. The zero-order valence-corrected chi connectivity index (χ0v) is 15.8. The number of rotatable bonds is 4. The van der Waals surface area contributed by atoms with Crippen molar-refractivity contribution in [1.29, 1.82) is 0 Å². The van der Waals surface area contributed by atoms with E-state index in [1.165, 1.54) is 30.3 Å². The van der Waals surface area contributed by atoms with Crippen LogP contribution in [-0.2, 0) is 11.2 Å². The summed E-state index contributed by atoms with van der Waals surface area (Å²) in [6, 6.07) is 10.00. The van der Waals surface area contributed by atoms with Crippen LogP contribution in [0.3, 0.4) is 0 Å². The van der Waals surface area contributed by atoms with Crippen molar-refractivity contribution in [3.05, 3.63) is 74.5 Å². The Morgan fingerprint density at radius 3 is 2.78 bits per heavy atom. The second-order valence-corrected chi connectivity index (χ2v) is 6.48. The van der Waals surface area contributed by atoms with Crippen LogP contribution in [0.5, 0.6) is 0 Å². The van der Waals surface area contributed by atoms with Crippen molar-refractivity contribution in [1.82, 2.24) is 10.2 Å². The second kappa shape index (κ2) is 9.12. The van der Waals surface area contributed by atoms with Crippen LogP contribution in [0.2, 0.25) is 5.02 Å². The van der Waals surface area contributed by atoms with E-state index in [0.717, 1.165) is 5.56 Å². The van der Waals surface area contributed by atoms with Gasteiger partial charge in [0.2, 0.25) is 5.91 Å². The molecule has 0 saturated carbocycles. The molecule has 1 atom stereocenters. The number of hydrogen-bond acceptors (Lipinski definition) is 4. The van der Waals surface area contributed by atoms with Crippen molar-refractivity contribution in [2.75, 3.05) is 19.6 Å². The van der Waals surface area contributed by atoms with Crippen molar-refractivity contribution >= 4 is 35.6 Å². The molecule has 0 bridgehead atoms. The van der Waals surface area contributed by atoms with E-state index in [2.05, 4.69) is 5.32 Å². The largest absolute Gasteiger partial charge is 0.333 e. The normalized spacial score (nSPS) is 16.5. The number of carbonyl (C=O) groups excluding carboxylic acids is 1. The molecule has 27 heavy (non-hydrogen) atoms. The number of non-ortho nitro benzene ring substituents is 1. The molecule has 1 unspecified atom stereocenters. The van der Waals surface area contributed by atoms with Gasteiger partial charge in [0.05, 0.1) is 22.4 Å². The van der Waals surface area contributed by atoms with Gasteiger partial charge in [0, 0.05) is 31.8 Å². The first-order chi connectivity index (χ1) is 12.5. The third-order valence-electron chi connectivity index (χ3n) is 4.39. The summed E-state index contributed by atoms with van der Waals surface area (Å²) in [5.41, 5.74) is 1.13. The van der Waals surface area contributed by atoms with Crippen LogP contribution in [0.4, 0.5) is 10.1 Å². The molecule has 144 valence electrons. The molecule has 1 saturated heterocycles. The number of benzene rings is 2. The van der Waals surface area contributed by atoms with E-state index in [9.17, 15) is 19.3 Å². The second-order valence-electron chi connectivity index (χ2n) is 6.07. The van der Waals surface area contributed by atoms with E-state index in [1.807, 2.05) is 0 Å². The molecule has 2 aromatic rings. The van der Waals surface area contributed by atoms with Gasteiger partial charge in [0.15, 0.2) is 0 Å². The molecule has 9 heteroatoms. The molecule has 0 aliphatic carbocycles. The van der Waals surface area contributed by atoms with Crippen molar-refractivity contribution in [2.45, 2.75) is 12.5 Å². The molecule has 1 fully saturated rings. The summed E-state index contributed by atoms with van der Waals surface area (Å²) < 4.78 is 13.6. The Hall–Kier alpha value is -2.22. The third kappa shape index (κ3) is 4.94. The minimum Gasteiger partial charge on any atom is -0.333 e. The Labute approximate surface area is 166 Å². The molecule has 0 aromatic heterocycles. The predicted octanol–water partition coefficient (Wildman–Crippen LogP) is 3.52. The van der Waals surface area contributed by atoms with Crippen LogP contribution in [0.1, 0.15) is 17.2 Å². The fraction of sp³-hybridized carbons (Fsp3) is 0.278. The van der Waals surface area contributed by atoms with Crippen LogP contribution in [-0.4, -0.2) is 35.4 Å². The molecular weight excluding hydrogens is 396 g/mol. The Kier molecular flexibility index (Phi) is 7.12. The molecule has 0 radical (unpaired) electrons. The van der Waals surface area contributed by atoms with Crippen LogP contribution in [0, 0.1) is 15.9 Å². The van der Waals surface area contributed by atoms with Gasteiger partial charge in [-0.25, -0.2) is 4.39 Å². The fourth-order valence-corrected chi connectivity index (χ4v) is 3.31. The summed E-state index contributed by atoms with van der Waals surface area (Å²) in [5, 5.41) is 14.2. The molecule has 1 N–H and O–H groups in total. The average molecular weight is 414 g/mol. The minimum absolute atomic E-state index is 0. The van der Waals surface area contributed by atoms with Gasteiger partial charge >= 0.3 is 0 Å². The van der Waals surface area contributed by atoms with Gasteiger partial charge in [-0.1, -0.05) is 29.8 Å². The summed E-state index contributed by atoms with van der Waals surface area (Å²) in [5.74, 6) is -0.504. The summed E-state index contributed by atoms with van der Waals surface area (Å²) in [7, 11) is 0. The van der Waals surface area contributed by atoms with E-state index in [4.69, 9.17) is 11.6 Å². The van der Waals surface area contributed by atoms with Gasteiger partial charge in [-0.05, 0) is 23.3 Å². The number of carbonyl (C=O) groups is 1. The zero-order valence-electron chi connectivity index (χ0n) is 14.2. The van der Waals surface area contributed by atoms with Gasteiger partial charge in [0.25, 0.3) is 5.69 Å². The Morgan fingerprint density at radius 1 is 1.33 bits per heavy atom. The molecule has 2 aromatic carbocycles. The molecular formula is C18H18Cl2FN3O3. The summed E-state index contributed by atoms with van der Waals surface area (Å²) in [4.78, 5) is 24.8. The first kappa shape index (κ1) is 21.1. The molecule has 3 rings (SSSR count). The topological polar surface area (TPSA) is 75.5 Å². The highest BCUT2D eigenvalue weighted by Gasteiger charge is 2.28. The number of amides is 1. The first-order valence-electron chi connectivity index (χ1n) is 8.14. The van der Waals surface area contributed by atoms with Crippen molar-refractivity contribution in [3.63, 3.8) is 0 Å². The van der Waals surface area contributed by atoms with Crippen LogP contribution < -0.4 is 5.32 Å². The quantitative estimate of drug-likeness (QED) is 0.614. The lowest BCUT2D eigenvalue weighted by molar-refractivity contribution is -0.384. The van der Waals surface area contributed by atoms with Gasteiger partial charge in [0.1, 0.15) is 5.82 Å². The number of nitrogens with one attached hydrogen (secondary N) is 1. The van der Waals surface area contributed by atoms with Crippen LogP contribution in [0.25, 0.3) is 0 Å². The maximum atomic E-state index is 13.6. The van der Waals surface area contributed by atoms with Crippen LogP contribution >= 0.6 is 24.0 Å². The monoisotopic (exact) mass is 413 g/mol. The number of nitrogens with zero attached hydrogens (tertiary/aromatic N) is 2. The molecule has 1 aliphatic rings. The lowest BCUT2D eigenvalue weighted by Gasteiger charge is -2.36. The van der Waals surface area contributed by atoms with Gasteiger partial charge in [-0.2, -0.15) is 0 Å². The fourth-order valence-electron chi connectivity index (χ4n) is 3.07. The number of piperazine rings is 1. The zero-order chi connectivity index (χ0) is 18.7. The highest BCUT2D eigenvalue weighted by Crippen LogP contribution is 2.27. The maximum absolute atomic E-state index is 13.6. The predicted molar refractivity (Wildman–Crippen MR) is 103 cm³/mol.